The van der Waals surface area contributed by atoms with Crippen LogP contribution in [-0.4, -0.2) is 21.0 Å². The standard InChI is InChI=1S/C16H12Br2Cl3N3OS/c17-9-5-7-10(8-6-9)22-15(26)24-14(16(19,20)21)23-13(25)11-3-1-2-4-12(11)18/h1-8,14H,(H,23,25)(H2,22,24,26)/t14-/m1/s1. The SMILES string of the molecule is O=C(N[C@H](NC(=S)Nc1ccc(Br)cc1)C(Cl)(Cl)Cl)c1ccccc1Br. The third-order valence-corrected chi connectivity index (χ3v) is 5.19. The molecule has 10 heteroatoms. The van der Waals surface area contributed by atoms with Crippen LogP contribution in [0, 0.1) is 0 Å². The molecule has 0 aromatic heterocycles. The van der Waals surface area contributed by atoms with Gasteiger partial charge in [0.05, 0.1) is 5.56 Å². The number of amides is 1. The number of alkyl halides is 3. The quantitative estimate of drug-likeness (QED) is 0.258. The Kier molecular flexibility index (Phi) is 8.00. The van der Waals surface area contributed by atoms with Crippen molar-refractivity contribution in [2.24, 2.45) is 0 Å². The second-order valence-corrected chi connectivity index (χ2v) is 9.58. The molecule has 4 nitrogen and oxygen atoms in total. The van der Waals surface area contributed by atoms with E-state index in [1.54, 1.807) is 24.3 Å². The number of hydrogen-bond acceptors (Lipinski definition) is 2. The fraction of sp³-hybridized carbons (Fsp3) is 0.125. The minimum Gasteiger partial charge on any atom is -0.339 e. The van der Waals surface area contributed by atoms with Crippen LogP contribution in [0.2, 0.25) is 0 Å². The first-order chi connectivity index (χ1) is 12.2. The first-order valence-corrected chi connectivity index (χ1v) is 10.2. The number of anilines is 1. The van der Waals surface area contributed by atoms with Crippen molar-refractivity contribution in [3.05, 3.63) is 63.0 Å². The molecule has 0 spiro atoms. The lowest BCUT2D eigenvalue weighted by molar-refractivity contribution is 0.0934. The summed E-state index contributed by atoms with van der Waals surface area (Å²) in [6, 6.07) is 14.3. The van der Waals surface area contributed by atoms with Gasteiger partial charge in [-0.25, -0.2) is 0 Å². The zero-order chi connectivity index (χ0) is 19.3. The fourth-order valence-corrected chi connectivity index (χ4v) is 3.18. The first kappa shape index (κ1) is 21.7. The van der Waals surface area contributed by atoms with Crippen LogP contribution in [0.4, 0.5) is 5.69 Å². The first-order valence-electron chi connectivity index (χ1n) is 7.12. The van der Waals surface area contributed by atoms with Gasteiger partial charge in [0.15, 0.2) is 5.11 Å². The predicted octanol–water partition coefficient (Wildman–Crippen LogP) is 5.62. The topological polar surface area (TPSA) is 53.2 Å². The Bertz CT molecular complexity index is 800. The van der Waals surface area contributed by atoms with Crippen molar-refractivity contribution in [2.45, 2.75) is 9.96 Å². The van der Waals surface area contributed by atoms with Crippen LogP contribution < -0.4 is 16.0 Å². The molecule has 2 rings (SSSR count). The third kappa shape index (κ3) is 6.55. The van der Waals surface area contributed by atoms with Gasteiger partial charge in [0.25, 0.3) is 5.91 Å². The van der Waals surface area contributed by atoms with Crippen molar-refractivity contribution in [3.63, 3.8) is 0 Å². The number of rotatable bonds is 4. The normalized spacial score (nSPS) is 12.2. The summed E-state index contributed by atoms with van der Waals surface area (Å²) in [5.41, 5.74) is 1.14. The number of nitrogens with one attached hydrogen (secondary N) is 3. The average Bonchev–Trinajstić information content (AvgIpc) is 2.56. The molecule has 0 aliphatic heterocycles. The molecule has 1 amide bonds. The van der Waals surface area contributed by atoms with E-state index in [2.05, 4.69) is 47.8 Å². The molecule has 2 aromatic rings. The Hall–Kier alpha value is -0.570. The molecular formula is C16H12Br2Cl3N3OS. The highest BCUT2D eigenvalue weighted by atomic mass is 79.9. The summed E-state index contributed by atoms with van der Waals surface area (Å²) in [5.74, 6) is -0.423. The van der Waals surface area contributed by atoms with Crippen molar-refractivity contribution in [1.29, 1.82) is 0 Å². The Morgan fingerprint density at radius 1 is 1.00 bits per heavy atom. The smallest absolute Gasteiger partial charge is 0.254 e. The summed E-state index contributed by atoms with van der Waals surface area (Å²) < 4.78 is -0.277. The van der Waals surface area contributed by atoms with Gasteiger partial charge in [-0.1, -0.05) is 62.9 Å². The van der Waals surface area contributed by atoms with Crippen LogP contribution in [0.25, 0.3) is 0 Å². The summed E-state index contributed by atoms with van der Waals surface area (Å²) in [6.45, 7) is 0. The molecule has 1 atom stereocenters. The van der Waals surface area contributed by atoms with Crippen molar-refractivity contribution in [1.82, 2.24) is 10.6 Å². The van der Waals surface area contributed by atoms with E-state index in [0.29, 0.717) is 10.0 Å². The van der Waals surface area contributed by atoms with Crippen LogP contribution in [0.3, 0.4) is 0 Å². The predicted molar refractivity (Wildman–Crippen MR) is 119 cm³/mol. The maximum absolute atomic E-state index is 12.5. The third-order valence-electron chi connectivity index (χ3n) is 3.10. The lowest BCUT2D eigenvalue weighted by Crippen LogP contribution is -2.56. The number of thiocarbonyl (C=S) groups is 1. The van der Waals surface area contributed by atoms with Gasteiger partial charge in [0.2, 0.25) is 3.79 Å². The fourth-order valence-electron chi connectivity index (χ4n) is 1.89. The van der Waals surface area contributed by atoms with E-state index in [-0.39, 0.29) is 5.11 Å². The Morgan fingerprint density at radius 3 is 2.19 bits per heavy atom. The average molecular weight is 561 g/mol. The van der Waals surface area contributed by atoms with Gasteiger partial charge in [0.1, 0.15) is 6.17 Å². The second kappa shape index (κ2) is 9.57. The van der Waals surface area contributed by atoms with Gasteiger partial charge in [-0.05, 0) is 64.5 Å². The maximum atomic E-state index is 12.5. The molecule has 3 N–H and O–H groups in total. The molecule has 0 unspecified atom stereocenters. The number of benzene rings is 2. The van der Waals surface area contributed by atoms with E-state index in [9.17, 15) is 4.79 Å². The molecule has 0 saturated heterocycles. The van der Waals surface area contributed by atoms with Crippen LogP contribution in [0.1, 0.15) is 10.4 Å². The van der Waals surface area contributed by atoms with Crippen LogP contribution in [0.5, 0.6) is 0 Å². The van der Waals surface area contributed by atoms with Crippen molar-refractivity contribution >= 4 is 95.6 Å². The molecular weight excluding hydrogens is 548 g/mol. The lowest BCUT2D eigenvalue weighted by Gasteiger charge is -2.28. The van der Waals surface area contributed by atoms with E-state index in [0.717, 1.165) is 10.2 Å². The Labute approximate surface area is 188 Å². The molecule has 0 aliphatic carbocycles. The van der Waals surface area contributed by atoms with E-state index >= 15 is 0 Å². The van der Waals surface area contributed by atoms with E-state index < -0.39 is 15.9 Å². The minimum absolute atomic E-state index is 0.191. The molecule has 138 valence electrons. The molecule has 0 heterocycles. The van der Waals surface area contributed by atoms with Crippen LogP contribution >= 0.6 is 78.9 Å². The number of halogens is 5. The summed E-state index contributed by atoms with van der Waals surface area (Å²) in [5, 5.41) is 8.58. The van der Waals surface area contributed by atoms with Crippen molar-refractivity contribution in [3.8, 4) is 0 Å². The number of carbonyl (C=O) groups excluding carboxylic acids is 1. The number of carbonyl (C=O) groups is 1. The monoisotopic (exact) mass is 557 g/mol. The van der Waals surface area contributed by atoms with Gasteiger partial charge in [-0.3, -0.25) is 4.79 Å². The molecule has 0 bridgehead atoms. The lowest BCUT2D eigenvalue weighted by atomic mass is 10.2. The van der Waals surface area contributed by atoms with Gasteiger partial charge >= 0.3 is 0 Å². The highest BCUT2D eigenvalue weighted by molar-refractivity contribution is 9.10. The highest BCUT2D eigenvalue weighted by Gasteiger charge is 2.35. The zero-order valence-corrected chi connectivity index (χ0v) is 19.2. The van der Waals surface area contributed by atoms with E-state index in [1.807, 2.05) is 24.3 Å². The minimum atomic E-state index is -1.83. The van der Waals surface area contributed by atoms with Gasteiger partial charge in [-0.15, -0.1) is 0 Å². The van der Waals surface area contributed by atoms with Crippen LogP contribution in [-0.2, 0) is 0 Å². The molecule has 0 aliphatic rings. The molecule has 0 fully saturated rings. The van der Waals surface area contributed by atoms with Gasteiger partial charge in [0, 0.05) is 14.6 Å². The Balaban J connectivity index is 2.07. The molecule has 0 saturated carbocycles. The molecule has 0 radical (unpaired) electrons. The van der Waals surface area contributed by atoms with Gasteiger partial charge < -0.3 is 16.0 Å². The van der Waals surface area contributed by atoms with E-state index in [1.165, 1.54) is 0 Å². The van der Waals surface area contributed by atoms with Crippen LogP contribution in [0.15, 0.2) is 57.5 Å². The van der Waals surface area contributed by atoms with E-state index in [4.69, 9.17) is 47.0 Å². The van der Waals surface area contributed by atoms with Crippen molar-refractivity contribution in [2.75, 3.05) is 5.32 Å². The highest BCUT2D eigenvalue weighted by Crippen LogP contribution is 2.29. The summed E-state index contributed by atoms with van der Waals surface area (Å²) in [4.78, 5) is 12.5. The largest absolute Gasteiger partial charge is 0.339 e. The second-order valence-electron chi connectivity index (χ2n) is 5.03. The summed E-state index contributed by atoms with van der Waals surface area (Å²) in [6.07, 6.45) is -1.05. The summed E-state index contributed by atoms with van der Waals surface area (Å²) >= 11 is 29.9. The molecule has 26 heavy (non-hydrogen) atoms. The molecule has 2 aromatic carbocycles. The van der Waals surface area contributed by atoms with Gasteiger partial charge in [-0.2, -0.15) is 0 Å². The van der Waals surface area contributed by atoms with Crippen molar-refractivity contribution < 1.29 is 4.79 Å². The zero-order valence-electron chi connectivity index (χ0n) is 12.9. The summed E-state index contributed by atoms with van der Waals surface area (Å²) in [7, 11) is 0. The maximum Gasteiger partial charge on any atom is 0.254 e. The Morgan fingerprint density at radius 2 is 1.62 bits per heavy atom. The number of hydrogen-bond donors (Lipinski definition) is 3.